The van der Waals surface area contributed by atoms with E-state index >= 15 is 0 Å². The van der Waals surface area contributed by atoms with Gasteiger partial charge in [0.05, 0.1) is 15.6 Å². The average molecular weight is 350 g/mol. The number of aliphatic hydroxyl groups excluding tert-OH is 1. The lowest BCUT2D eigenvalue weighted by atomic mass is 9.99. The molecular weight excluding hydrogens is 342 g/mol. The zero-order chi connectivity index (χ0) is 14.9. The Balaban J connectivity index is 2.49. The summed E-state index contributed by atoms with van der Waals surface area (Å²) in [6.45, 7) is 0. The Morgan fingerprint density at radius 1 is 0.850 bits per heavy atom. The van der Waals surface area contributed by atoms with Gasteiger partial charge >= 0.3 is 0 Å². The van der Waals surface area contributed by atoms with Crippen molar-refractivity contribution in [1.29, 1.82) is 0 Å². The molecule has 2 nitrogen and oxygen atoms in total. The molecule has 0 aliphatic rings. The fourth-order valence-electron chi connectivity index (χ4n) is 1.77. The van der Waals surface area contributed by atoms with Gasteiger partial charge in [0.2, 0.25) is 0 Å². The molecule has 2 aromatic carbocycles. The van der Waals surface area contributed by atoms with Gasteiger partial charge in [-0.3, -0.25) is 4.79 Å². The normalized spacial score (nSPS) is 12.2. The highest BCUT2D eigenvalue weighted by Crippen LogP contribution is 2.35. The summed E-state index contributed by atoms with van der Waals surface area (Å²) in [5.74, 6) is -0.657. The van der Waals surface area contributed by atoms with Gasteiger partial charge in [-0.1, -0.05) is 58.5 Å². The second kappa shape index (κ2) is 6.33. The summed E-state index contributed by atoms with van der Waals surface area (Å²) in [6, 6.07) is 9.33. The van der Waals surface area contributed by atoms with E-state index in [1.165, 1.54) is 24.3 Å². The molecule has 0 saturated carbocycles. The van der Waals surface area contributed by atoms with E-state index in [1.54, 1.807) is 12.1 Å². The third-order valence-electron chi connectivity index (χ3n) is 2.73. The van der Waals surface area contributed by atoms with Gasteiger partial charge in [0.1, 0.15) is 6.10 Å². The van der Waals surface area contributed by atoms with E-state index in [0.717, 1.165) is 0 Å². The van der Waals surface area contributed by atoms with Crippen LogP contribution in [0, 0.1) is 0 Å². The van der Waals surface area contributed by atoms with Crippen molar-refractivity contribution in [2.24, 2.45) is 0 Å². The van der Waals surface area contributed by atoms with Crippen molar-refractivity contribution in [3.63, 3.8) is 0 Å². The summed E-state index contributed by atoms with van der Waals surface area (Å²) >= 11 is 23.9. The molecule has 104 valence electrons. The van der Waals surface area contributed by atoms with Crippen LogP contribution in [0.3, 0.4) is 0 Å². The first kappa shape index (κ1) is 15.6. The first-order valence-electron chi connectivity index (χ1n) is 5.53. The number of benzene rings is 2. The standard InChI is InChI=1S/C14H8Cl4O2/c15-7-3-1-4-8(16)11(7)13(19)14(20)12-9(17)5-2-6-10(12)18/h1-6,13,19H/t13-/m0/s1. The lowest BCUT2D eigenvalue weighted by molar-refractivity contribution is 0.0748. The zero-order valence-corrected chi connectivity index (χ0v) is 12.9. The molecule has 0 unspecified atom stereocenters. The molecule has 2 rings (SSSR count). The van der Waals surface area contributed by atoms with Crippen molar-refractivity contribution in [3.8, 4) is 0 Å². The van der Waals surface area contributed by atoms with Gasteiger partial charge in [0.15, 0.2) is 5.78 Å². The van der Waals surface area contributed by atoms with Crippen LogP contribution in [-0.4, -0.2) is 10.9 Å². The van der Waals surface area contributed by atoms with Gasteiger partial charge in [-0.2, -0.15) is 0 Å². The fourth-order valence-corrected chi connectivity index (χ4v) is 2.96. The lowest BCUT2D eigenvalue weighted by Gasteiger charge is -2.15. The summed E-state index contributed by atoms with van der Waals surface area (Å²) in [7, 11) is 0. The van der Waals surface area contributed by atoms with Crippen molar-refractivity contribution in [1.82, 2.24) is 0 Å². The van der Waals surface area contributed by atoms with Crippen molar-refractivity contribution in [3.05, 3.63) is 67.6 Å². The molecule has 1 atom stereocenters. The molecule has 0 aliphatic heterocycles. The van der Waals surface area contributed by atoms with E-state index in [2.05, 4.69) is 0 Å². The molecule has 20 heavy (non-hydrogen) atoms. The van der Waals surface area contributed by atoms with Gasteiger partial charge in [-0.15, -0.1) is 0 Å². The van der Waals surface area contributed by atoms with Gasteiger partial charge in [-0.05, 0) is 24.3 Å². The van der Waals surface area contributed by atoms with Crippen LogP contribution >= 0.6 is 46.4 Å². The van der Waals surface area contributed by atoms with Crippen molar-refractivity contribution in [2.75, 3.05) is 0 Å². The Bertz CT molecular complexity index is 630. The molecule has 0 radical (unpaired) electrons. The Hall–Kier alpha value is -0.770. The first-order valence-corrected chi connectivity index (χ1v) is 7.05. The van der Waals surface area contributed by atoms with E-state index in [-0.39, 0.29) is 31.2 Å². The SMILES string of the molecule is O=C(c1c(Cl)cccc1Cl)[C@@H](O)c1c(Cl)cccc1Cl. The largest absolute Gasteiger partial charge is 0.380 e. The van der Waals surface area contributed by atoms with Crippen molar-refractivity contribution in [2.45, 2.75) is 6.10 Å². The Morgan fingerprint density at radius 3 is 1.70 bits per heavy atom. The number of hydrogen-bond acceptors (Lipinski definition) is 2. The van der Waals surface area contributed by atoms with Crippen molar-refractivity contribution >= 4 is 52.2 Å². The van der Waals surface area contributed by atoms with E-state index < -0.39 is 11.9 Å². The number of aliphatic hydroxyl groups is 1. The molecule has 0 heterocycles. The van der Waals surface area contributed by atoms with Crippen LogP contribution in [0.1, 0.15) is 22.0 Å². The number of carbonyl (C=O) groups excluding carboxylic acids is 1. The molecular formula is C14H8Cl4O2. The van der Waals surface area contributed by atoms with E-state index in [9.17, 15) is 9.90 Å². The summed E-state index contributed by atoms with van der Waals surface area (Å²) < 4.78 is 0. The van der Waals surface area contributed by atoms with Gasteiger partial charge in [0.25, 0.3) is 0 Å². The third kappa shape index (κ3) is 2.95. The Labute approximate surface area is 135 Å². The maximum atomic E-state index is 12.4. The lowest BCUT2D eigenvalue weighted by Crippen LogP contribution is -2.14. The molecule has 6 heteroatoms. The molecule has 0 fully saturated rings. The highest BCUT2D eigenvalue weighted by molar-refractivity contribution is 6.40. The molecule has 0 saturated heterocycles. The molecule has 0 amide bonds. The Kier molecular flexibility index (Phi) is 4.95. The van der Waals surface area contributed by atoms with Gasteiger partial charge < -0.3 is 5.11 Å². The minimum atomic E-state index is -1.53. The predicted molar refractivity (Wildman–Crippen MR) is 82.2 cm³/mol. The molecule has 0 bridgehead atoms. The average Bonchev–Trinajstić information content (AvgIpc) is 2.37. The smallest absolute Gasteiger partial charge is 0.198 e. The van der Waals surface area contributed by atoms with E-state index in [4.69, 9.17) is 46.4 Å². The fraction of sp³-hybridized carbons (Fsp3) is 0.0714. The van der Waals surface area contributed by atoms with Crippen LogP contribution in [0.25, 0.3) is 0 Å². The summed E-state index contributed by atoms with van der Waals surface area (Å²) in [4.78, 5) is 12.4. The molecule has 1 N–H and O–H groups in total. The minimum absolute atomic E-state index is 0.0410. The highest BCUT2D eigenvalue weighted by atomic mass is 35.5. The second-order valence-electron chi connectivity index (χ2n) is 4.00. The third-order valence-corrected chi connectivity index (χ3v) is 4.02. The summed E-state index contributed by atoms with van der Waals surface area (Å²) in [5, 5.41) is 10.9. The maximum absolute atomic E-state index is 12.4. The van der Waals surface area contributed by atoms with Crippen LogP contribution in [0.2, 0.25) is 20.1 Å². The Morgan fingerprint density at radius 2 is 1.25 bits per heavy atom. The first-order chi connectivity index (χ1) is 9.43. The van der Waals surface area contributed by atoms with Crippen LogP contribution in [0.4, 0.5) is 0 Å². The van der Waals surface area contributed by atoms with Gasteiger partial charge in [0, 0.05) is 15.6 Å². The molecule has 0 spiro atoms. The predicted octanol–water partition coefficient (Wildman–Crippen LogP) is 5.22. The highest BCUT2D eigenvalue weighted by Gasteiger charge is 2.27. The second-order valence-corrected chi connectivity index (χ2v) is 5.63. The summed E-state index contributed by atoms with van der Waals surface area (Å²) in [6.07, 6.45) is -1.53. The number of carbonyl (C=O) groups is 1. The monoisotopic (exact) mass is 348 g/mol. The quantitative estimate of drug-likeness (QED) is 0.771. The maximum Gasteiger partial charge on any atom is 0.198 e. The number of ketones is 1. The molecule has 2 aromatic rings. The molecule has 0 aliphatic carbocycles. The van der Waals surface area contributed by atoms with Crippen LogP contribution in [0.5, 0.6) is 0 Å². The number of halogens is 4. The zero-order valence-electron chi connectivity index (χ0n) is 9.91. The van der Waals surface area contributed by atoms with Crippen molar-refractivity contribution < 1.29 is 9.90 Å². The molecule has 0 aromatic heterocycles. The minimum Gasteiger partial charge on any atom is -0.380 e. The van der Waals surface area contributed by atoms with Crippen LogP contribution in [-0.2, 0) is 0 Å². The number of hydrogen-bond donors (Lipinski definition) is 1. The topological polar surface area (TPSA) is 37.3 Å². The summed E-state index contributed by atoms with van der Waals surface area (Å²) in [5.41, 5.74) is 0.177. The number of rotatable bonds is 3. The van der Waals surface area contributed by atoms with Crippen LogP contribution in [0.15, 0.2) is 36.4 Å². The number of Topliss-reactive ketones (excluding diaryl/α,β-unsaturated/α-hetero) is 1. The van der Waals surface area contributed by atoms with E-state index in [0.29, 0.717) is 0 Å². The van der Waals surface area contributed by atoms with Gasteiger partial charge in [-0.25, -0.2) is 0 Å². The van der Waals surface area contributed by atoms with Crippen LogP contribution < -0.4 is 0 Å². The van der Waals surface area contributed by atoms with E-state index in [1.807, 2.05) is 0 Å².